The number of para-hydroxylation sites is 1. The molecule has 1 aliphatic heterocycles. The van der Waals surface area contributed by atoms with Gasteiger partial charge in [0, 0.05) is 12.0 Å². The molecule has 0 bridgehead atoms. The topological polar surface area (TPSA) is 29.5 Å². The fraction of sp³-hybridized carbons (Fsp3) is 0.571. The van der Waals surface area contributed by atoms with E-state index in [2.05, 4.69) is 19.9 Å². The molecule has 0 radical (unpaired) electrons. The van der Waals surface area contributed by atoms with E-state index in [0.29, 0.717) is 0 Å². The zero-order chi connectivity index (χ0) is 11.9. The summed E-state index contributed by atoms with van der Waals surface area (Å²) in [5, 5.41) is 10.2. The normalized spacial score (nSPS) is 19.4. The van der Waals surface area contributed by atoms with Crippen molar-refractivity contribution >= 4 is 0 Å². The maximum Gasteiger partial charge on any atom is 0.129 e. The number of benzene rings is 1. The van der Waals surface area contributed by atoms with E-state index < -0.39 is 6.10 Å². The zero-order valence-electron chi connectivity index (χ0n) is 10.4. The van der Waals surface area contributed by atoms with Crippen molar-refractivity contribution in [1.82, 2.24) is 0 Å². The summed E-state index contributed by atoms with van der Waals surface area (Å²) in [7, 11) is 0. The van der Waals surface area contributed by atoms with E-state index in [4.69, 9.17) is 4.74 Å². The molecular weight excluding hydrogens is 200 g/mol. The molecule has 88 valence electrons. The highest BCUT2D eigenvalue weighted by Crippen LogP contribution is 2.41. The molecule has 1 aliphatic rings. The Morgan fingerprint density at radius 2 is 2.00 bits per heavy atom. The number of hydrogen-bond acceptors (Lipinski definition) is 2. The summed E-state index contributed by atoms with van der Waals surface area (Å²) in [5.41, 5.74) is 2.00. The lowest BCUT2D eigenvalue weighted by Gasteiger charge is -2.21. The van der Waals surface area contributed by atoms with Crippen LogP contribution in [-0.2, 0) is 6.42 Å². The van der Waals surface area contributed by atoms with Crippen molar-refractivity contribution in [1.29, 1.82) is 0 Å². The van der Waals surface area contributed by atoms with Gasteiger partial charge in [0.1, 0.15) is 11.4 Å². The van der Waals surface area contributed by atoms with Crippen LogP contribution in [0.3, 0.4) is 0 Å². The summed E-state index contributed by atoms with van der Waals surface area (Å²) in [4.78, 5) is 0. The average molecular weight is 220 g/mol. The predicted molar refractivity (Wildman–Crippen MR) is 64.7 cm³/mol. The Morgan fingerprint density at radius 1 is 1.31 bits per heavy atom. The standard InChI is InChI=1S/C14H20O2/c1-9(2)12(15)11-7-5-6-10-8-14(3,4)16-13(10)11/h5-7,9,12,15H,8H2,1-4H3. The van der Waals surface area contributed by atoms with Gasteiger partial charge >= 0.3 is 0 Å². The molecule has 0 aliphatic carbocycles. The van der Waals surface area contributed by atoms with Crippen molar-refractivity contribution in [3.63, 3.8) is 0 Å². The Morgan fingerprint density at radius 3 is 2.62 bits per heavy atom. The molecule has 1 aromatic carbocycles. The molecule has 0 spiro atoms. The van der Waals surface area contributed by atoms with Crippen molar-refractivity contribution in [3.05, 3.63) is 29.3 Å². The monoisotopic (exact) mass is 220 g/mol. The summed E-state index contributed by atoms with van der Waals surface area (Å²) >= 11 is 0. The number of fused-ring (bicyclic) bond motifs is 1. The lowest BCUT2D eigenvalue weighted by Crippen LogP contribution is -2.25. The van der Waals surface area contributed by atoms with Crippen LogP contribution in [0, 0.1) is 5.92 Å². The Bertz CT molecular complexity index is 394. The lowest BCUT2D eigenvalue weighted by molar-refractivity contribution is 0.107. The summed E-state index contributed by atoms with van der Waals surface area (Å²) in [6.45, 7) is 8.20. The summed E-state index contributed by atoms with van der Waals surface area (Å²) in [6.07, 6.45) is 0.477. The maximum atomic E-state index is 10.2. The number of aliphatic hydroxyl groups excluding tert-OH is 1. The highest BCUT2D eigenvalue weighted by Gasteiger charge is 2.33. The second kappa shape index (κ2) is 3.77. The van der Waals surface area contributed by atoms with Crippen LogP contribution in [0.5, 0.6) is 5.75 Å². The Labute approximate surface area is 97.3 Å². The Hall–Kier alpha value is -1.02. The largest absolute Gasteiger partial charge is 0.487 e. The number of hydrogen-bond donors (Lipinski definition) is 1. The molecule has 1 heterocycles. The maximum absolute atomic E-state index is 10.2. The van der Waals surface area contributed by atoms with Gasteiger partial charge < -0.3 is 9.84 Å². The van der Waals surface area contributed by atoms with Gasteiger partial charge in [-0.1, -0.05) is 32.0 Å². The molecule has 1 N–H and O–H groups in total. The molecule has 2 heteroatoms. The van der Waals surface area contributed by atoms with Gasteiger partial charge in [0.05, 0.1) is 6.10 Å². The van der Waals surface area contributed by atoms with E-state index in [9.17, 15) is 5.11 Å². The van der Waals surface area contributed by atoms with Gasteiger partial charge in [-0.3, -0.25) is 0 Å². The van der Waals surface area contributed by atoms with Crippen molar-refractivity contribution in [2.75, 3.05) is 0 Å². The molecule has 1 atom stereocenters. The van der Waals surface area contributed by atoms with E-state index in [1.165, 1.54) is 5.56 Å². The highest BCUT2D eigenvalue weighted by molar-refractivity contribution is 5.46. The van der Waals surface area contributed by atoms with Gasteiger partial charge in [-0.2, -0.15) is 0 Å². The minimum Gasteiger partial charge on any atom is -0.487 e. The van der Waals surface area contributed by atoms with Gasteiger partial charge in [0.15, 0.2) is 0 Å². The van der Waals surface area contributed by atoms with Gasteiger partial charge in [-0.05, 0) is 25.3 Å². The molecule has 1 unspecified atom stereocenters. The summed E-state index contributed by atoms with van der Waals surface area (Å²) < 4.78 is 5.94. The minimum atomic E-state index is -0.441. The first-order chi connectivity index (χ1) is 7.41. The molecular formula is C14H20O2. The molecule has 0 saturated heterocycles. The van der Waals surface area contributed by atoms with Crippen molar-refractivity contribution in [3.8, 4) is 5.75 Å². The Balaban J connectivity index is 2.41. The lowest BCUT2D eigenvalue weighted by atomic mass is 9.95. The van der Waals surface area contributed by atoms with Crippen LogP contribution < -0.4 is 4.74 Å². The van der Waals surface area contributed by atoms with Crippen LogP contribution in [0.1, 0.15) is 44.9 Å². The molecule has 0 aromatic heterocycles. The third-order valence-electron chi connectivity index (χ3n) is 3.07. The molecule has 0 saturated carbocycles. The summed E-state index contributed by atoms with van der Waals surface area (Å²) in [6, 6.07) is 6.05. The fourth-order valence-electron chi connectivity index (χ4n) is 2.23. The number of rotatable bonds is 2. The van der Waals surface area contributed by atoms with Crippen LogP contribution >= 0.6 is 0 Å². The van der Waals surface area contributed by atoms with E-state index in [0.717, 1.165) is 17.7 Å². The first-order valence-electron chi connectivity index (χ1n) is 5.89. The Kier molecular flexibility index (Phi) is 2.70. The van der Waals surface area contributed by atoms with E-state index in [1.807, 2.05) is 26.0 Å². The van der Waals surface area contributed by atoms with Gasteiger partial charge in [0.2, 0.25) is 0 Å². The first-order valence-corrected chi connectivity index (χ1v) is 5.89. The predicted octanol–water partition coefficient (Wildman–Crippen LogP) is 3.09. The van der Waals surface area contributed by atoms with Gasteiger partial charge in [-0.25, -0.2) is 0 Å². The second-order valence-corrected chi connectivity index (χ2v) is 5.56. The molecule has 0 amide bonds. The first kappa shape index (κ1) is 11.5. The third kappa shape index (κ3) is 1.94. The van der Waals surface area contributed by atoms with E-state index in [-0.39, 0.29) is 11.5 Å². The number of ether oxygens (including phenoxy) is 1. The van der Waals surface area contributed by atoms with Crippen LogP contribution in [0.4, 0.5) is 0 Å². The fourth-order valence-corrected chi connectivity index (χ4v) is 2.23. The number of aliphatic hydroxyl groups is 1. The van der Waals surface area contributed by atoms with Gasteiger partial charge in [-0.15, -0.1) is 0 Å². The van der Waals surface area contributed by atoms with Crippen LogP contribution in [0.15, 0.2) is 18.2 Å². The van der Waals surface area contributed by atoms with E-state index >= 15 is 0 Å². The van der Waals surface area contributed by atoms with Crippen molar-refractivity contribution in [2.24, 2.45) is 5.92 Å². The van der Waals surface area contributed by atoms with Gasteiger partial charge in [0.25, 0.3) is 0 Å². The smallest absolute Gasteiger partial charge is 0.129 e. The molecule has 16 heavy (non-hydrogen) atoms. The molecule has 2 nitrogen and oxygen atoms in total. The third-order valence-corrected chi connectivity index (χ3v) is 3.07. The van der Waals surface area contributed by atoms with Crippen LogP contribution in [-0.4, -0.2) is 10.7 Å². The van der Waals surface area contributed by atoms with Crippen LogP contribution in [0.2, 0.25) is 0 Å². The molecule has 0 fully saturated rings. The van der Waals surface area contributed by atoms with E-state index in [1.54, 1.807) is 0 Å². The average Bonchev–Trinajstić information content (AvgIpc) is 2.49. The van der Waals surface area contributed by atoms with Crippen molar-refractivity contribution < 1.29 is 9.84 Å². The minimum absolute atomic E-state index is 0.144. The second-order valence-electron chi connectivity index (χ2n) is 5.56. The summed E-state index contributed by atoms with van der Waals surface area (Å²) in [5.74, 6) is 1.10. The van der Waals surface area contributed by atoms with Crippen molar-refractivity contribution in [2.45, 2.75) is 45.8 Å². The quantitative estimate of drug-likeness (QED) is 0.830. The SMILES string of the molecule is CC(C)C(O)c1cccc2c1OC(C)(C)C2. The zero-order valence-corrected chi connectivity index (χ0v) is 10.4. The molecule has 1 aromatic rings. The highest BCUT2D eigenvalue weighted by atomic mass is 16.5. The molecule has 2 rings (SSSR count). The van der Waals surface area contributed by atoms with Crippen LogP contribution in [0.25, 0.3) is 0 Å².